The monoisotopic (exact) mass is 263 g/mol. The van der Waals surface area contributed by atoms with Gasteiger partial charge in [-0.1, -0.05) is 13.3 Å². The van der Waals surface area contributed by atoms with Gasteiger partial charge in [-0.2, -0.15) is 0 Å². The molecule has 1 unspecified atom stereocenters. The Hall–Kier alpha value is -1.20. The third-order valence-electron chi connectivity index (χ3n) is 3.68. The fraction of sp³-hybridized carbons (Fsp3) is 0.714. The average molecular weight is 263 g/mol. The normalized spacial score (nSPS) is 18.5. The largest absolute Gasteiger partial charge is 0.338 e. The predicted molar refractivity (Wildman–Crippen MR) is 78.2 cm³/mol. The Morgan fingerprint density at radius 1 is 1.16 bits per heavy atom. The van der Waals surface area contributed by atoms with Crippen molar-refractivity contribution >= 4 is 5.95 Å². The molecule has 1 aliphatic heterocycles. The van der Waals surface area contributed by atoms with E-state index >= 15 is 0 Å². The van der Waals surface area contributed by atoms with Crippen molar-refractivity contribution in [1.29, 1.82) is 0 Å². The van der Waals surface area contributed by atoms with Crippen molar-refractivity contribution in [3.63, 3.8) is 0 Å². The number of piperazine rings is 1. The van der Waals surface area contributed by atoms with E-state index in [0.29, 0.717) is 6.04 Å². The Bertz CT molecular complexity index is 348. The summed E-state index contributed by atoms with van der Waals surface area (Å²) in [5.41, 5.74) is 6.06. The molecule has 0 aromatic carbocycles. The lowest BCUT2D eigenvalue weighted by atomic mass is 10.1. The molecular formula is C14H25N5. The maximum absolute atomic E-state index is 6.06. The second-order valence-corrected chi connectivity index (χ2v) is 5.21. The summed E-state index contributed by atoms with van der Waals surface area (Å²) in [6, 6.07) is 2.22. The Balaban J connectivity index is 1.71. The minimum absolute atomic E-state index is 0.362. The molecule has 1 saturated heterocycles. The lowest BCUT2D eigenvalue weighted by molar-refractivity contribution is 0.245. The van der Waals surface area contributed by atoms with Crippen LogP contribution in [0.3, 0.4) is 0 Å². The first-order valence-electron chi connectivity index (χ1n) is 7.29. The Morgan fingerprint density at radius 2 is 1.84 bits per heavy atom. The zero-order chi connectivity index (χ0) is 13.5. The molecule has 2 heterocycles. The molecule has 0 aliphatic carbocycles. The fourth-order valence-electron chi connectivity index (χ4n) is 2.49. The molecule has 1 aliphatic rings. The second kappa shape index (κ2) is 7.40. The second-order valence-electron chi connectivity index (χ2n) is 5.21. The van der Waals surface area contributed by atoms with Gasteiger partial charge in [-0.15, -0.1) is 0 Å². The van der Waals surface area contributed by atoms with Gasteiger partial charge in [0, 0.05) is 44.6 Å². The first-order chi connectivity index (χ1) is 9.29. The van der Waals surface area contributed by atoms with E-state index < -0.39 is 0 Å². The molecule has 5 heteroatoms. The molecule has 0 bridgehead atoms. The van der Waals surface area contributed by atoms with Gasteiger partial charge in [0.2, 0.25) is 5.95 Å². The van der Waals surface area contributed by atoms with Crippen LogP contribution in [-0.2, 0) is 0 Å². The molecule has 0 spiro atoms. The molecule has 19 heavy (non-hydrogen) atoms. The van der Waals surface area contributed by atoms with Crippen LogP contribution >= 0.6 is 0 Å². The van der Waals surface area contributed by atoms with E-state index in [9.17, 15) is 0 Å². The number of hydrogen-bond donors (Lipinski definition) is 1. The van der Waals surface area contributed by atoms with E-state index in [1.165, 1.54) is 6.42 Å². The number of aromatic nitrogens is 2. The maximum atomic E-state index is 6.06. The minimum Gasteiger partial charge on any atom is -0.338 e. The van der Waals surface area contributed by atoms with Crippen molar-refractivity contribution < 1.29 is 0 Å². The summed E-state index contributed by atoms with van der Waals surface area (Å²) in [4.78, 5) is 13.4. The van der Waals surface area contributed by atoms with Crippen LogP contribution in [0.25, 0.3) is 0 Å². The van der Waals surface area contributed by atoms with Crippen LogP contribution in [0.1, 0.15) is 26.2 Å². The Labute approximate surface area is 115 Å². The predicted octanol–water partition coefficient (Wildman–Crippen LogP) is 1.12. The first-order valence-corrected chi connectivity index (χ1v) is 7.29. The number of anilines is 1. The van der Waals surface area contributed by atoms with E-state index in [2.05, 4.69) is 26.7 Å². The highest BCUT2D eigenvalue weighted by atomic mass is 15.3. The Morgan fingerprint density at radius 3 is 2.47 bits per heavy atom. The van der Waals surface area contributed by atoms with Crippen LogP contribution in [0.2, 0.25) is 0 Å². The average Bonchev–Trinajstić information content (AvgIpc) is 2.47. The SMILES string of the molecule is CCCC(N)CCN1CCN(c2ncccn2)CC1. The zero-order valence-corrected chi connectivity index (χ0v) is 11.8. The summed E-state index contributed by atoms with van der Waals surface area (Å²) < 4.78 is 0. The topological polar surface area (TPSA) is 58.3 Å². The third-order valence-corrected chi connectivity index (χ3v) is 3.68. The summed E-state index contributed by atoms with van der Waals surface area (Å²) in [6.07, 6.45) is 7.03. The van der Waals surface area contributed by atoms with Gasteiger partial charge in [-0.25, -0.2) is 9.97 Å². The zero-order valence-electron chi connectivity index (χ0n) is 11.8. The fourth-order valence-corrected chi connectivity index (χ4v) is 2.49. The molecule has 1 aromatic rings. The highest BCUT2D eigenvalue weighted by molar-refractivity contribution is 5.29. The van der Waals surface area contributed by atoms with Gasteiger partial charge in [0.05, 0.1) is 0 Å². The van der Waals surface area contributed by atoms with Gasteiger partial charge in [-0.3, -0.25) is 4.90 Å². The Kier molecular flexibility index (Phi) is 5.54. The number of rotatable bonds is 6. The molecule has 1 fully saturated rings. The highest BCUT2D eigenvalue weighted by Gasteiger charge is 2.18. The van der Waals surface area contributed by atoms with Crippen LogP contribution in [0.4, 0.5) is 5.95 Å². The highest BCUT2D eigenvalue weighted by Crippen LogP contribution is 2.10. The smallest absolute Gasteiger partial charge is 0.225 e. The lowest BCUT2D eigenvalue weighted by Crippen LogP contribution is -2.47. The van der Waals surface area contributed by atoms with E-state index in [1.807, 2.05) is 6.07 Å². The van der Waals surface area contributed by atoms with Crippen molar-refractivity contribution in [1.82, 2.24) is 14.9 Å². The lowest BCUT2D eigenvalue weighted by Gasteiger charge is -2.35. The number of nitrogens with two attached hydrogens (primary N) is 1. The molecule has 0 amide bonds. The number of nitrogens with zero attached hydrogens (tertiary/aromatic N) is 4. The first kappa shape index (κ1) is 14.2. The maximum Gasteiger partial charge on any atom is 0.225 e. The summed E-state index contributed by atoms with van der Waals surface area (Å²) >= 11 is 0. The summed E-state index contributed by atoms with van der Waals surface area (Å²) in [7, 11) is 0. The van der Waals surface area contributed by atoms with E-state index in [0.717, 1.165) is 51.5 Å². The molecule has 2 rings (SSSR count). The summed E-state index contributed by atoms with van der Waals surface area (Å²) in [5, 5.41) is 0. The van der Waals surface area contributed by atoms with E-state index in [4.69, 9.17) is 5.73 Å². The summed E-state index contributed by atoms with van der Waals surface area (Å²) in [5.74, 6) is 0.852. The quantitative estimate of drug-likeness (QED) is 0.833. The van der Waals surface area contributed by atoms with E-state index in [1.54, 1.807) is 12.4 Å². The van der Waals surface area contributed by atoms with Crippen molar-refractivity contribution in [2.45, 2.75) is 32.2 Å². The summed E-state index contributed by atoms with van der Waals surface area (Å²) in [6.45, 7) is 7.48. The van der Waals surface area contributed by atoms with Crippen molar-refractivity contribution in [3.05, 3.63) is 18.5 Å². The van der Waals surface area contributed by atoms with Crippen LogP contribution in [-0.4, -0.2) is 53.6 Å². The van der Waals surface area contributed by atoms with Crippen molar-refractivity contribution in [2.75, 3.05) is 37.6 Å². The van der Waals surface area contributed by atoms with Gasteiger partial charge in [0.15, 0.2) is 0 Å². The molecule has 0 radical (unpaired) electrons. The standard InChI is InChI=1S/C14H25N5/c1-2-4-13(15)5-8-18-9-11-19(12-10-18)14-16-6-3-7-17-14/h3,6-7,13H,2,4-5,8-12,15H2,1H3. The molecule has 0 saturated carbocycles. The van der Waals surface area contributed by atoms with Gasteiger partial charge < -0.3 is 10.6 Å². The van der Waals surface area contributed by atoms with Crippen molar-refractivity contribution in [2.24, 2.45) is 5.73 Å². The molecular weight excluding hydrogens is 238 g/mol. The number of hydrogen-bond acceptors (Lipinski definition) is 5. The van der Waals surface area contributed by atoms with Gasteiger partial charge in [0.1, 0.15) is 0 Å². The van der Waals surface area contributed by atoms with Gasteiger partial charge in [-0.05, 0) is 25.5 Å². The van der Waals surface area contributed by atoms with Crippen LogP contribution in [0.5, 0.6) is 0 Å². The van der Waals surface area contributed by atoms with Crippen molar-refractivity contribution in [3.8, 4) is 0 Å². The third kappa shape index (κ3) is 4.44. The molecule has 1 aromatic heterocycles. The molecule has 2 N–H and O–H groups in total. The van der Waals surface area contributed by atoms with E-state index in [-0.39, 0.29) is 0 Å². The molecule has 1 atom stereocenters. The van der Waals surface area contributed by atoms with Gasteiger partial charge in [0.25, 0.3) is 0 Å². The van der Waals surface area contributed by atoms with Crippen LogP contribution < -0.4 is 10.6 Å². The van der Waals surface area contributed by atoms with Crippen LogP contribution in [0.15, 0.2) is 18.5 Å². The van der Waals surface area contributed by atoms with Gasteiger partial charge >= 0.3 is 0 Å². The molecule has 5 nitrogen and oxygen atoms in total. The molecule has 106 valence electrons. The van der Waals surface area contributed by atoms with Crippen LogP contribution in [0, 0.1) is 0 Å². The minimum atomic E-state index is 0.362.